The number of rotatable bonds is 6. The Morgan fingerprint density at radius 2 is 1.91 bits per heavy atom. The van der Waals surface area contributed by atoms with Crippen molar-refractivity contribution in [2.24, 2.45) is 5.92 Å². The van der Waals surface area contributed by atoms with Crippen LogP contribution < -0.4 is 10.2 Å². The monoisotopic (exact) mass is 468 g/mol. The number of carbonyl (C=O) groups is 1. The lowest BCUT2D eigenvalue weighted by atomic mass is 10.0. The number of aryl methyl sites for hydroxylation is 4. The standard InChI is InChI=1S/C24H27FN6O.H2S/c1-14-20(25)8-17(10-26-14)13-31-12-16(11-27-31)4-7-19-9-21-22(15(2)28-19)29-24(32)23(30(21)3)18-5-6-18;/h8-12,18,23H,4-7,13H2,1-3H3,(H,29,32);1H2/t23-;/m0./s1. The van der Waals surface area contributed by atoms with Crippen molar-refractivity contribution in [2.45, 2.75) is 52.1 Å². The summed E-state index contributed by atoms with van der Waals surface area (Å²) in [5.41, 5.74) is 5.99. The van der Waals surface area contributed by atoms with Gasteiger partial charge in [0.15, 0.2) is 0 Å². The lowest BCUT2D eigenvalue weighted by Crippen LogP contribution is -2.47. The number of hydrogen-bond acceptors (Lipinski definition) is 5. The van der Waals surface area contributed by atoms with Crippen LogP contribution >= 0.6 is 13.5 Å². The maximum atomic E-state index is 13.7. The molecule has 0 aromatic carbocycles. The van der Waals surface area contributed by atoms with Crippen LogP contribution in [0.25, 0.3) is 0 Å². The molecule has 1 atom stereocenters. The first-order valence-corrected chi connectivity index (χ1v) is 11.1. The second-order valence-electron chi connectivity index (χ2n) is 8.93. The first kappa shape index (κ1) is 23.2. The molecule has 174 valence electrons. The highest BCUT2D eigenvalue weighted by molar-refractivity contribution is 7.59. The van der Waals surface area contributed by atoms with Crippen LogP contribution in [0.5, 0.6) is 0 Å². The highest BCUT2D eigenvalue weighted by Gasteiger charge is 2.42. The predicted octanol–water partition coefficient (Wildman–Crippen LogP) is 3.54. The van der Waals surface area contributed by atoms with Gasteiger partial charge in [0.25, 0.3) is 0 Å². The summed E-state index contributed by atoms with van der Waals surface area (Å²) < 4.78 is 15.5. The molecule has 0 spiro atoms. The summed E-state index contributed by atoms with van der Waals surface area (Å²) in [5.74, 6) is 0.234. The van der Waals surface area contributed by atoms with Gasteiger partial charge in [-0.15, -0.1) is 0 Å². The van der Waals surface area contributed by atoms with E-state index in [1.54, 1.807) is 17.8 Å². The number of pyridine rings is 2. The number of amides is 1. The summed E-state index contributed by atoms with van der Waals surface area (Å²) in [7, 11) is 2.01. The highest BCUT2D eigenvalue weighted by atomic mass is 32.1. The Hall–Kier alpha value is -2.94. The van der Waals surface area contributed by atoms with E-state index in [0.29, 0.717) is 18.2 Å². The third kappa shape index (κ3) is 4.73. The zero-order valence-corrected chi connectivity index (χ0v) is 20.1. The summed E-state index contributed by atoms with van der Waals surface area (Å²) in [5, 5.41) is 7.49. The molecule has 0 radical (unpaired) electrons. The molecule has 1 N–H and O–H groups in total. The Morgan fingerprint density at radius 1 is 1.12 bits per heavy atom. The van der Waals surface area contributed by atoms with E-state index in [1.807, 2.05) is 26.4 Å². The minimum atomic E-state index is -0.297. The van der Waals surface area contributed by atoms with Crippen LogP contribution in [0.3, 0.4) is 0 Å². The molecule has 1 aliphatic carbocycles. The van der Waals surface area contributed by atoms with Crippen LogP contribution in [0.4, 0.5) is 15.8 Å². The van der Waals surface area contributed by atoms with Crippen molar-refractivity contribution < 1.29 is 9.18 Å². The van der Waals surface area contributed by atoms with Crippen molar-refractivity contribution in [3.63, 3.8) is 0 Å². The predicted molar refractivity (Wildman–Crippen MR) is 131 cm³/mol. The van der Waals surface area contributed by atoms with E-state index in [1.165, 1.54) is 6.07 Å². The third-order valence-electron chi connectivity index (χ3n) is 6.40. The van der Waals surface area contributed by atoms with E-state index >= 15 is 0 Å². The highest BCUT2D eigenvalue weighted by Crippen LogP contribution is 2.42. The Balaban J connectivity index is 0.00000259. The molecule has 0 bridgehead atoms. The number of likely N-dealkylation sites (N-methyl/N-ethyl adjacent to an activating group) is 1. The van der Waals surface area contributed by atoms with E-state index < -0.39 is 0 Å². The average molecular weight is 469 g/mol. The molecule has 1 fully saturated rings. The van der Waals surface area contributed by atoms with E-state index in [2.05, 4.69) is 26.4 Å². The van der Waals surface area contributed by atoms with Crippen molar-refractivity contribution >= 4 is 30.8 Å². The van der Waals surface area contributed by atoms with Gasteiger partial charge in [0.05, 0.1) is 35.5 Å². The molecule has 5 rings (SSSR count). The van der Waals surface area contributed by atoms with E-state index in [4.69, 9.17) is 4.98 Å². The summed E-state index contributed by atoms with van der Waals surface area (Å²) >= 11 is 0. The Labute approximate surface area is 199 Å². The second-order valence-corrected chi connectivity index (χ2v) is 8.93. The topological polar surface area (TPSA) is 75.9 Å². The second kappa shape index (κ2) is 9.13. The number of anilines is 2. The molecule has 0 unspecified atom stereocenters. The van der Waals surface area contributed by atoms with Crippen LogP contribution in [0, 0.1) is 25.6 Å². The van der Waals surface area contributed by atoms with E-state index in [0.717, 1.165) is 59.6 Å². The first-order valence-electron chi connectivity index (χ1n) is 11.1. The summed E-state index contributed by atoms with van der Waals surface area (Å²) in [4.78, 5) is 23.5. The summed E-state index contributed by atoms with van der Waals surface area (Å²) in [6.45, 7) is 4.08. The van der Waals surface area contributed by atoms with Gasteiger partial charge >= 0.3 is 0 Å². The molecule has 1 aliphatic heterocycles. The number of fused-ring (bicyclic) bond motifs is 1. The quantitative estimate of drug-likeness (QED) is 0.599. The molecule has 0 saturated heterocycles. The van der Waals surface area contributed by atoms with Crippen LogP contribution in [0.2, 0.25) is 0 Å². The van der Waals surface area contributed by atoms with Crippen molar-refractivity contribution in [2.75, 3.05) is 17.3 Å². The summed E-state index contributed by atoms with van der Waals surface area (Å²) in [6, 6.07) is 3.52. The fourth-order valence-electron chi connectivity index (χ4n) is 4.46. The van der Waals surface area contributed by atoms with Gasteiger partial charge < -0.3 is 10.2 Å². The van der Waals surface area contributed by atoms with Crippen LogP contribution in [-0.2, 0) is 24.2 Å². The van der Waals surface area contributed by atoms with Crippen molar-refractivity contribution in [3.05, 3.63) is 64.7 Å². The number of halogens is 1. The fourth-order valence-corrected chi connectivity index (χ4v) is 4.46. The van der Waals surface area contributed by atoms with E-state index in [-0.39, 0.29) is 31.3 Å². The lowest BCUT2D eigenvalue weighted by Gasteiger charge is -2.36. The van der Waals surface area contributed by atoms with E-state index in [9.17, 15) is 9.18 Å². The molecule has 9 heteroatoms. The molecule has 33 heavy (non-hydrogen) atoms. The first-order chi connectivity index (χ1) is 15.4. The van der Waals surface area contributed by atoms with Crippen molar-refractivity contribution in [1.82, 2.24) is 19.7 Å². The molecule has 2 aliphatic rings. The largest absolute Gasteiger partial charge is 0.361 e. The fraction of sp³-hybridized carbons (Fsp3) is 0.417. The summed E-state index contributed by atoms with van der Waals surface area (Å²) in [6.07, 6.45) is 9.32. The number of nitrogens with one attached hydrogen (secondary N) is 1. The van der Waals surface area contributed by atoms with Crippen molar-refractivity contribution in [1.29, 1.82) is 0 Å². The van der Waals surface area contributed by atoms with Crippen LogP contribution in [0.1, 0.15) is 41.1 Å². The molecule has 1 saturated carbocycles. The smallest absolute Gasteiger partial charge is 0.247 e. The number of hydrogen-bond donors (Lipinski definition) is 1. The molecular formula is C24H29FN6OS. The molecule has 1 amide bonds. The van der Waals surface area contributed by atoms with Crippen molar-refractivity contribution in [3.8, 4) is 0 Å². The van der Waals surface area contributed by atoms with Crippen LogP contribution in [-0.4, -0.2) is 38.7 Å². The normalized spacial score (nSPS) is 17.4. The van der Waals surface area contributed by atoms with Gasteiger partial charge in [0, 0.05) is 25.1 Å². The molecule has 4 heterocycles. The van der Waals surface area contributed by atoms with Gasteiger partial charge in [-0.2, -0.15) is 18.6 Å². The molecule has 7 nitrogen and oxygen atoms in total. The zero-order chi connectivity index (χ0) is 22.4. The number of aromatic nitrogens is 4. The Bertz CT molecular complexity index is 1190. The Morgan fingerprint density at radius 3 is 2.64 bits per heavy atom. The maximum absolute atomic E-state index is 13.7. The number of nitrogens with zero attached hydrogens (tertiary/aromatic N) is 5. The minimum absolute atomic E-state index is 0. The maximum Gasteiger partial charge on any atom is 0.247 e. The SMILES string of the molecule is Cc1ncc(Cn2cc(CCc3cc4c(c(C)n3)NC(=O)[C@H](C3CC3)N4C)cn2)cc1F.S. The van der Waals surface area contributed by atoms with Gasteiger partial charge in [0.2, 0.25) is 5.91 Å². The third-order valence-corrected chi connectivity index (χ3v) is 6.40. The van der Waals surface area contributed by atoms with Crippen LogP contribution in [0.15, 0.2) is 30.7 Å². The van der Waals surface area contributed by atoms with Gasteiger partial charge in [0.1, 0.15) is 11.9 Å². The average Bonchev–Trinajstić information content (AvgIpc) is 3.49. The zero-order valence-electron chi connectivity index (χ0n) is 19.1. The van der Waals surface area contributed by atoms with Gasteiger partial charge in [-0.1, -0.05) is 0 Å². The minimum Gasteiger partial charge on any atom is -0.361 e. The van der Waals surface area contributed by atoms with Gasteiger partial charge in [-0.05, 0) is 68.7 Å². The lowest BCUT2D eigenvalue weighted by molar-refractivity contribution is -0.118. The molecule has 3 aromatic rings. The molecule has 3 aromatic heterocycles. The number of carbonyl (C=O) groups excluding carboxylic acids is 1. The Kier molecular flexibility index (Phi) is 6.43. The van der Waals surface area contributed by atoms with Gasteiger partial charge in [-0.25, -0.2) is 4.39 Å². The molecular weight excluding hydrogens is 439 g/mol. The van der Waals surface area contributed by atoms with Gasteiger partial charge in [-0.3, -0.25) is 19.4 Å².